The molecule has 0 aromatic heterocycles. The lowest BCUT2D eigenvalue weighted by molar-refractivity contribution is 0.208. The monoisotopic (exact) mass is 236 g/mol. The third kappa shape index (κ3) is 2.31. The van der Waals surface area contributed by atoms with Gasteiger partial charge in [0.1, 0.15) is 6.10 Å². The first kappa shape index (κ1) is 11.7. The summed E-state index contributed by atoms with van der Waals surface area (Å²) in [6.07, 6.45) is 6.12. The van der Waals surface area contributed by atoms with Crippen molar-refractivity contribution in [1.29, 1.82) is 0 Å². The molecule has 1 unspecified atom stereocenters. The van der Waals surface area contributed by atoms with E-state index in [1.54, 1.807) is 0 Å². The maximum absolute atomic E-state index is 10.3. The normalized spacial score (nSPS) is 18.1. The van der Waals surface area contributed by atoms with Crippen LogP contribution in [0.25, 0.3) is 0 Å². The summed E-state index contributed by atoms with van der Waals surface area (Å²) in [4.78, 5) is 0. The van der Waals surface area contributed by atoms with Crippen LogP contribution in [0.1, 0.15) is 42.9 Å². The fourth-order valence-electron chi connectivity index (χ4n) is 2.19. The molecule has 0 amide bonds. The van der Waals surface area contributed by atoms with Crippen LogP contribution in [0.3, 0.4) is 0 Å². The van der Waals surface area contributed by atoms with Crippen LogP contribution in [0.15, 0.2) is 29.8 Å². The molecule has 1 aliphatic rings. The molecule has 0 heterocycles. The molecule has 0 bridgehead atoms. The zero-order valence-electron chi connectivity index (χ0n) is 9.54. The summed E-state index contributed by atoms with van der Waals surface area (Å²) < 4.78 is 0. The van der Waals surface area contributed by atoms with Crippen molar-refractivity contribution >= 4 is 11.6 Å². The molecule has 0 fully saturated rings. The van der Waals surface area contributed by atoms with Crippen LogP contribution in [0, 0.1) is 6.92 Å². The summed E-state index contributed by atoms with van der Waals surface area (Å²) in [6, 6.07) is 5.83. The Morgan fingerprint density at radius 2 is 2.12 bits per heavy atom. The Kier molecular flexibility index (Phi) is 3.67. The highest BCUT2D eigenvalue weighted by atomic mass is 35.5. The van der Waals surface area contributed by atoms with Crippen LogP contribution in [-0.2, 0) is 0 Å². The lowest BCUT2D eigenvalue weighted by atomic mass is 9.91. The Labute approximate surface area is 102 Å². The fraction of sp³-hybridized carbons (Fsp3) is 0.429. The van der Waals surface area contributed by atoms with Crippen molar-refractivity contribution in [2.45, 2.75) is 38.7 Å². The van der Waals surface area contributed by atoms with Crippen LogP contribution >= 0.6 is 11.6 Å². The molecule has 0 saturated carbocycles. The Hall–Kier alpha value is -0.790. The SMILES string of the molecule is Cc1cccc(C(O)C2=CCCCC2)c1Cl. The van der Waals surface area contributed by atoms with Gasteiger partial charge >= 0.3 is 0 Å². The van der Waals surface area contributed by atoms with Gasteiger partial charge in [-0.3, -0.25) is 0 Å². The topological polar surface area (TPSA) is 20.2 Å². The highest BCUT2D eigenvalue weighted by molar-refractivity contribution is 6.32. The van der Waals surface area contributed by atoms with Crippen molar-refractivity contribution in [3.63, 3.8) is 0 Å². The maximum atomic E-state index is 10.3. The van der Waals surface area contributed by atoms with E-state index in [1.165, 1.54) is 12.8 Å². The van der Waals surface area contributed by atoms with Crippen molar-refractivity contribution in [2.24, 2.45) is 0 Å². The van der Waals surface area contributed by atoms with Crippen molar-refractivity contribution in [2.75, 3.05) is 0 Å². The molecule has 16 heavy (non-hydrogen) atoms. The minimum atomic E-state index is -0.521. The molecule has 1 nitrogen and oxygen atoms in total. The maximum Gasteiger partial charge on any atom is 0.101 e. The van der Waals surface area contributed by atoms with Gasteiger partial charge in [-0.1, -0.05) is 35.9 Å². The molecule has 0 aliphatic heterocycles. The summed E-state index contributed by atoms with van der Waals surface area (Å²) in [5, 5.41) is 11.0. The predicted molar refractivity (Wildman–Crippen MR) is 67.7 cm³/mol. The van der Waals surface area contributed by atoms with Crippen molar-refractivity contribution in [3.05, 3.63) is 46.0 Å². The number of aryl methyl sites for hydroxylation is 1. The third-order valence-electron chi connectivity index (χ3n) is 3.19. The van der Waals surface area contributed by atoms with Crippen molar-refractivity contribution in [1.82, 2.24) is 0 Å². The summed E-state index contributed by atoms with van der Waals surface area (Å²) in [6.45, 7) is 1.97. The van der Waals surface area contributed by atoms with Gasteiger partial charge in [0.25, 0.3) is 0 Å². The number of hydrogen-bond acceptors (Lipinski definition) is 1. The lowest BCUT2D eigenvalue weighted by Gasteiger charge is -2.20. The average Bonchev–Trinajstić information content (AvgIpc) is 2.33. The highest BCUT2D eigenvalue weighted by Gasteiger charge is 2.18. The van der Waals surface area contributed by atoms with Crippen molar-refractivity contribution in [3.8, 4) is 0 Å². The van der Waals surface area contributed by atoms with Gasteiger partial charge in [0, 0.05) is 10.6 Å². The van der Waals surface area contributed by atoms with Gasteiger partial charge in [0.2, 0.25) is 0 Å². The second-order valence-corrected chi connectivity index (χ2v) is 4.78. The van der Waals surface area contributed by atoms with Crippen LogP contribution in [0.5, 0.6) is 0 Å². The van der Waals surface area contributed by atoms with E-state index in [-0.39, 0.29) is 0 Å². The smallest absolute Gasteiger partial charge is 0.101 e. The van der Waals surface area contributed by atoms with E-state index < -0.39 is 6.10 Å². The van der Waals surface area contributed by atoms with E-state index in [9.17, 15) is 5.11 Å². The van der Waals surface area contributed by atoms with Gasteiger partial charge in [0.15, 0.2) is 0 Å². The fourth-order valence-corrected chi connectivity index (χ4v) is 2.42. The summed E-state index contributed by atoms with van der Waals surface area (Å²) in [5.41, 5.74) is 2.99. The quantitative estimate of drug-likeness (QED) is 0.764. The van der Waals surface area contributed by atoms with E-state index in [0.717, 1.165) is 29.5 Å². The number of aliphatic hydroxyl groups excluding tert-OH is 1. The Balaban J connectivity index is 2.29. The Morgan fingerprint density at radius 1 is 1.31 bits per heavy atom. The van der Waals surface area contributed by atoms with Gasteiger partial charge in [0.05, 0.1) is 0 Å². The van der Waals surface area contributed by atoms with Gasteiger partial charge < -0.3 is 5.11 Å². The van der Waals surface area contributed by atoms with Gasteiger partial charge in [-0.25, -0.2) is 0 Å². The number of rotatable bonds is 2. The number of halogens is 1. The minimum Gasteiger partial charge on any atom is -0.384 e. The molecule has 1 aromatic carbocycles. The van der Waals surface area contributed by atoms with Gasteiger partial charge in [-0.05, 0) is 43.7 Å². The van der Waals surface area contributed by atoms with Crippen LogP contribution in [-0.4, -0.2) is 5.11 Å². The molecule has 0 saturated heterocycles. The zero-order valence-corrected chi connectivity index (χ0v) is 10.3. The molecule has 86 valence electrons. The molecular weight excluding hydrogens is 220 g/mol. The predicted octanol–water partition coefficient (Wildman–Crippen LogP) is 4.18. The van der Waals surface area contributed by atoms with Gasteiger partial charge in [-0.2, -0.15) is 0 Å². The minimum absolute atomic E-state index is 0.521. The van der Waals surface area contributed by atoms with E-state index in [2.05, 4.69) is 6.08 Å². The van der Waals surface area contributed by atoms with Crippen LogP contribution < -0.4 is 0 Å². The van der Waals surface area contributed by atoms with E-state index >= 15 is 0 Å². The average molecular weight is 237 g/mol. The molecule has 0 spiro atoms. The lowest BCUT2D eigenvalue weighted by Crippen LogP contribution is -2.05. The van der Waals surface area contributed by atoms with Crippen molar-refractivity contribution < 1.29 is 5.11 Å². The van der Waals surface area contributed by atoms with Gasteiger partial charge in [-0.15, -0.1) is 0 Å². The van der Waals surface area contributed by atoms with Crippen LogP contribution in [0.2, 0.25) is 5.02 Å². The van der Waals surface area contributed by atoms with E-state index in [4.69, 9.17) is 11.6 Å². The number of aliphatic hydroxyl groups is 1. The first-order chi connectivity index (χ1) is 7.70. The standard InChI is InChI=1S/C14H17ClO/c1-10-6-5-9-12(13(10)15)14(16)11-7-3-2-4-8-11/h5-7,9,14,16H,2-4,8H2,1H3. The second-order valence-electron chi connectivity index (χ2n) is 4.41. The summed E-state index contributed by atoms with van der Waals surface area (Å²) in [5.74, 6) is 0. The van der Waals surface area contributed by atoms with E-state index in [0.29, 0.717) is 5.02 Å². The highest BCUT2D eigenvalue weighted by Crippen LogP contribution is 2.34. The Morgan fingerprint density at radius 3 is 2.81 bits per heavy atom. The summed E-state index contributed by atoms with van der Waals surface area (Å²) in [7, 11) is 0. The number of hydrogen-bond donors (Lipinski definition) is 1. The molecular formula is C14H17ClO. The van der Waals surface area contributed by atoms with E-state index in [1.807, 2.05) is 25.1 Å². The first-order valence-corrected chi connectivity index (χ1v) is 6.20. The first-order valence-electron chi connectivity index (χ1n) is 5.82. The Bertz CT molecular complexity index is 409. The third-order valence-corrected chi connectivity index (χ3v) is 3.71. The summed E-state index contributed by atoms with van der Waals surface area (Å²) >= 11 is 6.22. The molecule has 2 heteroatoms. The largest absolute Gasteiger partial charge is 0.384 e. The molecule has 1 aromatic rings. The number of benzene rings is 1. The number of allylic oxidation sites excluding steroid dienone is 1. The molecule has 1 N–H and O–H groups in total. The molecule has 2 rings (SSSR count). The zero-order chi connectivity index (χ0) is 11.5. The molecule has 1 aliphatic carbocycles. The van der Waals surface area contributed by atoms with Crippen LogP contribution in [0.4, 0.5) is 0 Å². The second kappa shape index (κ2) is 5.03. The molecule has 1 atom stereocenters. The molecule has 0 radical (unpaired) electrons.